The average Bonchev–Trinajstić information content (AvgIpc) is 3.33. The van der Waals surface area contributed by atoms with Crippen molar-refractivity contribution < 1.29 is 13.9 Å². The summed E-state index contributed by atoms with van der Waals surface area (Å²) in [6.45, 7) is 2.18. The van der Waals surface area contributed by atoms with Crippen LogP contribution < -0.4 is 14.8 Å². The fourth-order valence-corrected chi connectivity index (χ4v) is 2.96. The molecule has 4 heterocycles. The summed E-state index contributed by atoms with van der Waals surface area (Å²) in [5, 5.41) is 3.44. The minimum absolute atomic E-state index is 0.255. The van der Waals surface area contributed by atoms with Gasteiger partial charge in [0.15, 0.2) is 17.3 Å². The lowest BCUT2D eigenvalue weighted by atomic mass is 10.2. The van der Waals surface area contributed by atoms with Gasteiger partial charge in [-0.25, -0.2) is 4.98 Å². The van der Waals surface area contributed by atoms with Crippen molar-refractivity contribution in [1.29, 1.82) is 0 Å². The number of pyridine rings is 1. The van der Waals surface area contributed by atoms with Crippen LogP contribution in [0.15, 0.2) is 59.1 Å². The highest BCUT2D eigenvalue weighted by Crippen LogP contribution is 2.37. The van der Waals surface area contributed by atoms with Gasteiger partial charge in [0.05, 0.1) is 0 Å². The Kier molecular flexibility index (Phi) is 2.97. The number of aromatic nitrogens is 2. The largest absolute Gasteiger partial charge is 0.460 e. The molecule has 5 rings (SSSR count). The van der Waals surface area contributed by atoms with E-state index >= 15 is 0 Å². The molecule has 1 aliphatic heterocycles. The van der Waals surface area contributed by atoms with Crippen molar-refractivity contribution in [2.24, 2.45) is 0 Å². The second-order valence-corrected chi connectivity index (χ2v) is 5.84. The molecule has 0 unspecified atom stereocenters. The van der Waals surface area contributed by atoms with Crippen molar-refractivity contribution in [3.63, 3.8) is 0 Å². The first kappa shape index (κ1) is 14.0. The Balaban J connectivity index is 1.64. The van der Waals surface area contributed by atoms with Crippen LogP contribution in [-0.4, -0.2) is 16.2 Å². The van der Waals surface area contributed by atoms with E-state index in [1.165, 1.54) is 0 Å². The minimum Gasteiger partial charge on any atom is -0.460 e. The number of aryl methyl sites for hydroxylation is 1. The van der Waals surface area contributed by atoms with Crippen LogP contribution in [0.5, 0.6) is 11.5 Å². The lowest BCUT2D eigenvalue weighted by Gasteiger charge is -2.08. The van der Waals surface area contributed by atoms with E-state index in [0.29, 0.717) is 0 Å². The molecular formula is C19H15N3O3. The van der Waals surface area contributed by atoms with Gasteiger partial charge in [0.25, 0.3) is 0 Å². The number of hydrogen-bond acceptors (Lipinski definition) is 5. The molecule has 0 saturated carbocycles. The first-order chi connectivity index (χ1) is 12.3. The smallest absolute Gasteiger partial charge is 0.231 e. The highest BCUT2D eigenvalue weighted by molar-refractivity contribution is 5.78. The van der Waals surface area contributed by atoms with E-state index in [4.69, 9.17) is 18.9 Å². The number of benzene rings is 1. The van der Waals surface area contributed by atoms with Crippen LogP contribution >= 0.6 is 0 Å². The van der Waals surface area contributed by atoms with Crippen LogP contribution in [0.4, 0.5) is 11.5 Å². The Hall–Kier alpha value is -3.41. The van der Waals surface area contributed by atoms with Crippen LogP contribution in [0.25, 0.3) is 17.1 Å². The second kappa shape index (κ2) is 5.31. The number of furan rings is 1. The van der Waals surface area contributed by atoms with E-state index in [-0.39, 0.29) is 6.79 Å². The number of anilines is 2. The molecule has 1 aromatic carbocycles. The zero-order valence-electron chi connectivity index (χ0n) is 13.5. The van der Waals surface area contributed by atoms with Crippen molar-refractivity contribution in [2.45, 2.75) is 6.92 Å². The maximum absolute atomic E-state index is 5.79. The maximum atomic E-state index is 5.79. The van der Waals surface area contributed by atoms with E-state index in [1.54, 1.807) is 0 Å². The topological polar surface area (TPSA) is 60.9 Å². The zero-order chi connectivity index (χ0) is 16.8. The van der Waals surface area contributed by atoms with E-state index in [9.17, 15) is 0 Å². The Morgan fingerprint density at radius 2 is 1.96 bits per heavy atom. The Labute approximate surface area is 143 Å². The molecule has 6 heteroatoms. The molecule has 0 atom stereocenters. The molecule has 0 saturated heterocycles. The lowest BCUT2D eigenvalue weighted by Crippen LogP contribution is -1.96. The molecule has 0 radical (unpaired) electrons. The molecule has 124 valence electrons. The predicted octanol–water partition coefficient (Wildman–Crippen LogP) is 4.38. The van der Waals surface area contributed by atoms with Crippen LogP contribution in [0.3, 0.4) is 0 Å². The van der Waals surface area contributed by atoms with Gasteiger partial charge in [-0.2, -0.15) is 0 Å². The third kappa shape index (κ3) is 2.30. The molecule has 0 bridgehead atoms. The number of nitrogens with one attached hydrogen (secondary N) is 1. The monoisotopic (exact) mass is 333 g/mol. The van der Waals surface area contributed by atoms with E-state index in [2.05, 4.69) is 5.32 Å². The number of fused-ring (bicyclic) bond motifs is 2. The summed E-state index contributed by atoms with van der Waals surface area (Å²) in [7, 11) is 0. The summed E-state index contributed by atoms with van der Waals surface area (Å²) >= 11 is 0. The number of nitrogens with zero attached hydrogens (tertiary/aromatic N) is 2. The van der Waals surface area contributed by atoms with E-state index < -0.39 is 0 Å². The molecule has 1 N–H and O–H groups in total. The summed E-state index contributed by atoms with van der Waals surface area (Å²) in [5.74, 6) is 3.90. The molecule has 0 spiro atoms. The molecule has 1 aliphatic rings. The van der Waals surface area contributed by atoms with Crippen molar-refractivity contribution in [3.8, 4) is 23.0 Å². The number of imidazole rings is 1. The highest BCUT2D eigenvalue weighted by atomic mass is 16.7. The Morgan fingerprint density at radius 1 is 1.04 bits per heavy atom. The van der Waals surface area contributed by atoms with Gasteiger partial charge in [0.1, 0.15) is 22.9 Å². The van der Waals surface area contributed by atoms with Crippen LogP contribution in [0, 0.1) is 6.92 Å². The summed E-state index contributed by atoms with van der Waals surface area (Å²) in [6.07, 6.45) is 1.97. The SMILES string of the molecule is Cc1ccc(-c2nc3ccccn3c2Nc2ccc3c(c2)OCO3)o1. The van der Waals surface area contributed by atoms with Crippen molar-refractivity contribution in [3.05, 3.63) is 60.5 Å². The van der Waals surface area contributed by atoms with Gasteiger partial charge in [0.2, 0.25) is 6.79 Å². The lowest BCUT2D eigenvalue weighted by molar-refractivity contribution is 0.174. The van der Waals surface area contributed by atoms with Gasteiger partial charge in [-0.3, -0.25) is 4.40 Å². The second-order valence-electron chi connectivity index (χ2n) is 5.84. The molecule has 0 fully saturated rings. The molecule has 0 aliphatic carbocycles. The first-order valence-corrected chi connectivity index (χ1v) is 7.98. The predicted molar refractivity (Wildman–Crippen MR) is 93.5 cm³/mol. The van der Waals surface area contributed by atoms with Crippen molar-refractivity contribution >= 4 is 17.2 Å². The summed E-state index contributed by atoms with van der Waals surface area (Å²) in [6, 6.07) is 15.5. The van der Waals surface area contributed by atoms with Gasteiger partial charge in [0, 0.05) is 18.0 Å². The molecule has 3 aromatic heterocycles. The quantitative estimate of drug-likeness (QED) is 0.603. The average molecular weight is 333 g/mol. The Morgan fingerprint density at radius 3 is 2.84 bits per heavy atom. The third-order valence-corrected chi connectivity index (χ3v) is 4.14. The molecule has 6 nitrogen and oxygen atoms in total. The number of ether oxygens (including phenoxy) is 2. The fraction of sp³-hybridized carbons (Fsp3) is 0.105. The van der Waals surface area contributed by atoms with Crippen LogP contribution in [-0.2, 0) is 0 Å². The van der Waals surface area contributed by atoms with Crippen LogP contribution in [0.2, 0.25) is 0 Å². The summed E-state index contributed by atoms with van der Waals surface area (Å²) in [4.78, 5) is 4.72. The van der Waals surface area contributed by atoms with Gasteiger partial charge < -0.3 is 19.2 Å². The van der Waals surface area contributed by atoms with Crippen molar-refractivity contribution in [2.75, 3.05) is 12.1 Å². The summed E-state index contributed by atoms with van der Waals surface area (Å²) in [5.41, 5.74) is 2.49. The third-order valence-electron chi connectivity index (χ3n) is 4.14. The fourth-order valence-electron chi connectivity index (χ4n) is 2.96. The van der Waals surface area contributed by atoms with E-state index in [0.717, 1.165) is 45.9 Å². The molecule has 0 amide bonds. The van der Waals surface area contributed by atoms with Gasteiger partial charge in [-0.1, -0.05) is 6.07 Å². The normalized spacial score (nSPS) is 12.7. The standard InChI is InChI=1S/C19H15N3O3/c1-12-5-7-15(25-12)18-19(22-9-3-2-4-17(22)21-18)20-13-6-8-14-16(10-13)24-11-23-14/h2-10,20H,11H2,1H3. The van der Waals surface area contributed by atoms with Gasteiger partial charge >= 0.3 is 0 Å². The Bertz CT molecular complexity index is 1080. The zero-order valence-corrected chi connectivity index (χ0v) is 13.5. The molecular weight excluding hydrogens is 318 g/mol. The molecule has 4 aromatic rings. The summed E-state index contributed by atoms with van der Waals surface area (Å²) < 4.78 is 18.6. The number of hydrogen-bond donors (Lipinski definition) is 1. The minimum atomic E-state index is 0.255. The number of rotatable bonds is 3. The van der Waals surface area contributed by atoms with Gasteiger partial charge in [-0.15, -0.1) is 0 Å². The molecule has 25 heavy (non-hydrogen) atoms. The first-order valence-electron chi connectivity index (χ1n) is 7.98. The van der Waals surface area contributed by atoms with Crippen molar-refractivity contribution in [1.82, 2.24) is 9.38 Å². The highest BCUT2D eigenvalue weighted by Gasteiger charge is 2.18. The van der Waals surface area contributed by atoms with Crippen LogP contribution in [0.1, 0.15) is 5.76 Å². The van der Waals surface area contributed by atoms with Gasteiger partial charge in [-0.05, 0) is 43.3 Å². The maximum Gasteiger partial charge on any atom is 0.231 e. The van der Waals surface area contributed by atoms with E-state index in [1.807, 2.05) is 66.1 Å².